The van der Waals surface area contributed by atoms with E-state index in [2.05, 4.69) is 4.98 Å². The number of rotatable bonds is 2. The molecular formula is C10H13N3O3S2. The maximum absolute atomic E-state index is 11.4. The van der Waals surface area contributed by atoms with Gasteiger partial charge in [0.15, 0.2) is 20.6 Å². The number of thiazole rings is 1. The lowest BCUT2D eigenvalue weighted by molar-refractivity contribution is 0.276. The highest BCUT2D eigenvalue weighted by Crippen LogP contribution is 2.25. The molecule has 2 aromatic heterocycles. The van der Waals surface area contributed by atoms with Gasteiger partial charge in [0, 0.05) is 24.7 Å². The second kappa shape index (κ2) is 4.22. The van der Waals surface area contributed by atoms with Gasteiger partial charge in [0.2, 0.25) is 0 Å². The number of anilines is 1. The van der Waals surface area contributed by atoms with Crippen molar-refractivity contribution in [2.75, 3.05) is 29.5 Å². The molecule has 3 heterocycles. The molecule has 0 amide bonds. The first kappa shape index (κ1) is 11.9. The zero-order valence-electron chi connectivity index (χ0n) is 9.61. The molecule has 0 atom stereocenters. The van der Waals surface area contributed by atoms with Gasteiger partial charge in [0.05, 0.1) is 23.8 Å². The molecule has 1 N–H and O–H groups in total. The van der Waals surface area contributed by atoms with Gasteiger partial charge in [-0.25, -0.2) is 13.4 Å². The Balaban J connectivity index is 1.97. The molecule has 18 heavy (non-hydrogen) atoms. The van der Waals surface area contributed by atoms with Gasteiger partial charge in [-0.1, -0.05) is 0 Å². The van der Waals surface area contributed by atoms with Crippen LogP contribution in [0.15, 0.2) is 11.6 Å². The number of aliphatic hydroxyl groups is 1. The van der Waals surface area contributed by atoms with Gasteiger partial charge in [-0.05, 0) is 0 Å². The molecule has 98 valence electrons. The summed E-state index contributed by atoms with van der Waals surface area (Å²) in [5, 5.41) is 11.4. The van der Waals surface area contributed by atoms with Gasteiger partial charge >= 0.3 is 0 Å². The largest absolute Gasteiger partial charge is 0.390 e. The Morgan fingerprint density at radius 2 is 2.11 bits per heavy atom. The van der Waals surface area contributed by atoms with Crippen molar-refractivity contribution in [3.8, 4) is 0 Å². The normalized spacial score (nSPS) is 19.5. The molecule has 1 saturated heterocycles. The molecule has 0 radical (unpaired) electrons. The maximum atomic E-state index is 11.4. The summed E-state index contributed by atoms with van der Waals surface area (Å²) >= 11 is 1.50. The molecule has 1 aliphatic heterocycles. The second-order valence-corrected chi connectivity index (χ2v) is 7.41. The van der Waals surface area contributed by atoms with Crippen LogP contribution in [0.5, 0.6) is 0 Å². The molecule has 0 saturated carbocycles. The van der Waals surface area contributed by atoms with Gasteiger partial charge in [0.25, 0.3) is 0 Å². The fourth-order valence-electron chi connectivity index (χ4n) is 2.15. The molecule has 0 aromatic carbocycles. The summed E-state index contributed by atoms with van der Waals surface area (Å²) in [6.45, 7) is 0.789. The summed E-state index contributed by atoms with van der Waals surface area (Å²) in [5.41, 5.74) is 0.727. The number of hydrogen-bond donors (Lipinski definition) is 1. The minimum Gasteiger partial charge on any atom is -0.390 e. The number of sulfone groups is 1. The highest BCUT2D eigenvalue weighted by molar-refractivity contribution is 7.91. The average Bonchev–Trinajstić information content (AvgIpc) is 2.88. The summed E-state index contributed by atoms with van der Waals surface area (Å²) < 4.78 is 24.7. The highest BCUT2D eigenvalue weighted by Gasteiger charge is 2.25. The lowest BCUT2D eigenvalue weighted by atomic mass is 10.4. The van der Waals surface area contributed by atoms with Crippen LogP contribution in [-0.4, -0.2) is 47.5 Å². The van der Waals surface area contributed by atoms with Crippen molar-refractivity contribution < 1.29 is 13.5 Å². The predicted molar refractivity (Wildman–Crippen MR) is 69.9 cm³/mol. The van der Waals surface area contributed by atoms with Crippen molar-refractivity contribution >= 4 is 32.0 Å². The van der Waals surface area contributed by atoms with E-state index in [-0.39, 0.29) is 18.1 Å². The lowest BCUT2D eigenvalue weighted by Crippen LogP contribution is -2.40. The quantitative estimate of drug-likeness (QED) is 0.849. The van der Waals surface area contributed by atoms with E-state index in [1.165, 1.54) is 11.3 Å². The van der Waals surface area contributed by atoms with Gasteiger partial charge in [-0.15, -0.1) is 11.3 Å². The zero-order valence-corrected chi connectivity index (χ0v) is 11.2. The zero-order chi connectivity index (χ0) is 12.8. The van der Waals surface area contributed by atoms with Crippen LogP contribution in [0.25, 0.3) is 4.96 Å². The molecule has 1 aliphatic rings. The van der Waals surface area contributed by atoms with E-state index in [1.807, 2.05) is 20.9 Å². The number of hydrogen-bond acceptors (Lipinski definition) is 6. The first-order chi connectivity index (χ1) is 8.61. The van der Waals surface area contributed by atoms with Crippen molar-refractivity contribution in [3.63, 3.8) is 0 Å². The van der Waals surface area contributed by atoms with E-state index in [0.717, 1.165) is 10.7 Å². The third-order valence-corrected chi connectivity index (χ3v) is 5.50. The third kappa shape index (κ3) is 1.90. The molecule has 0 aliphatic carbocycles. The van der Waals surface area contributed by atoms with Crippen molar-refractivity contribution in [2.45, 2.75) is 6.61 Å². The van der Waals surface area contributed by atoms with Crippen LogP contribution in [0.1, 0.15) is 5.69 Å². The molecule has 6 nitrogen and oxygen atoms in total. The second-order valence-electron chi connectivity index (χ2n) is 4.23. The first-order valence-corrected chi connectivity index (χ1v) is 8.31. The monoisotopic (exact) mass is 287 g/mol. The molecular weight excluding hydrogens is 274 g/mol. The first-order valence-electron chi connectivity index (χ1n) is 5.61. The third-order valence-electron chi connectivity index (χ3n) is 3.13. The van der Waals surface area contributed by atoms with E-state index < -0.39 is 9.84 Å². The van der Waals surface area contributed by atoms with Gasteiger partial charge in [-0.2, -0.15) is 0 Å². The SMILES string of the molecule is O=S1(=O)CCN(c2nc3sccn3c2CO)CC1. The van der Waals surface area contributed by atoms with Crippen LogP contribution in [0.2, 0.25) is 0 Å². The van der Waals surface area contributed by atoms with Crippen LogP contribution in [0, 0.1) is 0 Å². The Hall–Kier alpha value is -1.12. The molecule has 3 rings (SSSR count). The lowest BCUT2D eigenvalue weighted by Gasteiger charge is -2.27. The van der Waals surface area contributed by atoms with Crippen LogP contribution in [-0.2, 0) is 16.4 Å². The maximum Gasteiger partial charge on any atom is 0.195 e. The minimum absolute atomic E-state index is 0.101. The smallest absolute Gasteiger partial charge is 0.195 e. The van der Waals surface area contributed by atoms with Crippen molar-refractivity contribution in [1.29, 1.82) is 0 Å². The molecule has 0 bridgehead atoms. The Kier molecular flexibility index (Phi) is 2.80. The van der Waals surface area contributed by atoms with Crippen LogP contribution >= 0.6 is 11.3 Å². The summed E-state index contributed by atoms with van der Waals surface area (Å²) in [6.07, 6.45) is 1.86. The summed E-state index contributed by atoms with van der Waals surface area (Å²) in [4.78, 5) is 7.23. The summed E-state index contributed by atoms with van der Waals surface area (Å²) in [5.74, 6) is 1.02. The fourth-order valence-corrected chi connectivity index (χ4v) is 4.07. The van der Waals surface area contributed by atoms with E-state index in [1.54, 1.807) is 0 Å². The standard InChI is InChI=1S/C10H13N3O3S2/c14-7-8-9(11-10-13(8)1-4-17-10)12-2-5-18(15,16)6-3-12/h1,4,14H,2-3,5-7H2. The van der Waals surface area contributed by atoms with E-state index >= 15 is 0 Å². The molecule has 2 aromatic rings. The Bertz CT molecular complexity index is 660. The minimum atomic E-state index is -2.90. The van der Waals surface area contributed by atoms with Crippen molar-refractivity contribution in [1.82, 2.24) is 9.38 Å². The Morgan fingerprint density at radius 3 is 2.78 bits per heavy atom. The number of nitrogens with zero attached hydrogens (tertiary/aromatic N) is 3. The number of aliphatic hydroxyl groups excluding tert-OH is 1. The number of fused-ring (bicyclic) bond motifs is 1. The summed E-state index contributed by atoms with van der Waals surface area (Å²) in [7, 11) is -2.90. The number of aromatic nitrogens is 2. The van der Waals surface area contributed by atoms with Crippen LogP contribution < -0.4 is 4.90 Å². The highest BCUT2D eigenvalue weighted by atomic mass is 32.2. The molecule has 1 fully saturated rings. The topological polar surface area (TPSA) is 74.9 Å². The van der Waals surface area contributed by atoms with Gasteiger partial charge < -0.3 is 10.0 Å². The molecule has 8 heteroatoms. The molecule has 0 unspecified atom stereocenters. The fraction of sp³-hybridized carbons (Fsp3) is 0.500. The number of imidazole rings is 1. The average molecular weight is 287 g/mol. The summed E-state index contributed by atoms with van der Waals surface area (Å²) in [6, 6.07) is 0. The van der Waals surface area contributed by atoms with E-state index in [4.69, 9.17) is 0 Å². The van der Waals surface area contributed by atoms with Gasteiger partial charge in [-0.3, -0.25) is 4.40 Å². The van der Waals surface area contributed by atoms with Crippen molar-refractivity contribution in [3.05, 3.63) is 17.3 Å². The van der Waals surface area contributed by atoms with E-state index in [9.17, 15) is 13.5 Å². The van der Waals surface area contributed by atoms with Gasteiger partial charge in [0.1, 0.15) is 0 Å². The van der Waals surface area contributed by atoms with Crippen LogP contribution in [0.3, 0.4) is 0 Å². The Morgan fingerprint density at radius 1 is 1.39 bits per heavy atom. The van der Waals surface area contributed by atoms with E-state index in [0.29, 0.717) is 18.9 Å². The molecule has 0 spiro atoms. The van der Waals surface area contributed by atoms with Crippen molar-refractivity contribution in [2.24, 2.45) is 0 Å². The Labute approximate surface area is 108 Å². The van der Waals surface area contributed by atoms with Crippen LogP contribution in [0.4, 0.5) is 5.82 Å². The predicted octanol–water partition coefficient (Wildman–Crippen LogP) is 0.123.